The average molecular weight is 370 g/mol. The van der Waals surface area contributed by atoms with E-state index in [9.17, 15) is 4.79 Å². The van der Waals surface area contributed by atoms with E-state index in [1.807, 2.05) is 30.7 Å². The third-order valence-electron chi connectivity index (χ3n) is 4.90. The molecule has 7 nitrogen and oxygen atoms in total. The van der Waals surface area contributed by atoms with Crippen LogP contribution in [0.25, 0.3) is 0 Å². The maximum Gasteiger partial charge on any atom is 0.242 e. The van der Waals surface area contributed by atoms with Crippen LogP contribution in [0.1, 0.15) is 34.6 Å². The zero-order valence-corrected chi connectivity index (χ0v) is 17.6. The Bertz CT molecular complexity index is 432. The first-order valence-corrected chi connectivity index (χ1v) is 10.0. The highest BCUT2D eigenvalue weighted by Gasteiger charge is 2.24. The number of ether oxygens (including phenoxy) is 1. The molecule has 0 bridgehead atoms. The molecular formula is C19H39N5O2. The summed E-state index contributed by atoms with van der Waals surface area (Å²) in [6, 6.07) is 0.388. The molecule has 0 aromatic rings. The third-order valence-corrected chi connectivity index (χ3v) is 4.90. The van der Waals surface area contributed by atoms with Crippen molar-refractivity contribution in [2.75, 3.05) is 66.1 Å². The molecule has 1 aliphatic heterocycles. The summed E-state index contributed by atoms with van der Waals surface area (Å²) in [6.45, 7) is 17.4. The third kappa shape index (κ3) is 7.11. The van der Waals surface area contributed by atoms with Gasteiger partial charge in [-0.05, 0) is 26.7 Å². The average Bonchev–Trinajstić information content (AvgIpc) is 2.62. The number of likely N-dealkylation sites (N-methyl/N-ethyl adjacent to an activating group) is 2. The van der Waals surface area contributed by atoms with Gasteiger partial charge in [-0.15, -0.1) is 0 Å². The predicted octanol–water partition coefficient (Wildman–Crippen LogP) is 1.11. The summed E-state index contributed by atoms with van der Waals surface area (Å²) in [5, 5.41) is 3.32. The van der Waals surface area contributed by atoms with Gasteiger partial charge >= 0.3 is 0 Å². The molecule has 1 aliphatic rings. The molecule has 152 valence electrons. The van der Waals surface area contributed by atoms with E-state index in [0.717, 1.165) is 58.4 Å². The van der Waals surface area contributed by atoms with Crippen LogP contribution in [-0.4, -0.2) is 98.7 Å². The number of hydrogen-bond acceptors (Lipinski definition) is 4. The van der Waals surface area contributed by atoms with Gasteiger partial charge in [-0.1, -0.05) is 13.8 Å². The number of carbonyl (C=O) groups is 1. The molecule has 0 aliphatic carbocycles. The molecule has 1 atom stereocenters. The van der Waals surface area contributed by atoms with E-state index in [-0.39, 0.29) is 5.91 Å². The molecule has 1 N–H and O–H groups in total. The second kappa shape index (κ2) is 12.1. The highest BCUT2D eigenvalue weighted by Crippen LogP contribution is 2.13. The summed E-state index contributed by atoms with van der Waals surface area (Å²) in [7, 11) is 1.93. The van der Waals surface area contributed by atoms with Gasteiger partial charge in [0, 0.05) is 45.8 Å². The van der Waals surface area contributed by atoms with Crippen LogP contribution >= 0.6 is 0 Å². The Hall–Kier alpha value is -1.34. The zero-order valence-electron chi connectivity index (χ0n) is 17.6. The van der Waals surface area contributed by atoms with E-state index in [1.54, 1.807) is 0 Å². The minimum absolute atomic E-state index is 0.136. The number of hydrogen-bond donors (Lipinski definition) is 1. The summed E-state index contributed by atoms with van der Waals surface area (Å²) in [6.07, 6.45) is 0. The van der Waals surface area contributed by atoms with Gasteiger partial charge in [0.25, 0.3) is 0 Å². The monoisotopic (exact) mass is 369 g/mol. The topological polar surface area (TPSA) is 60.4 Å². The smallest absolute Gasteiger partial charge is 0.242 e. The van der Waals surface area contributed by atoms with Crippen molar-refractivity contribution in [2.45, 2.75) is 40.7 Å². The van der Waals surface area contributed by atoms with Gasteiger partial charge in [-0.2, -0.15) is 0 Å². The Morgan fingerprint density at radius 1 is 1.19 bits per heavy atom. The van der Waals surface area contributed by atoms with Crippen molar-refractivity contribution in [1.29, 1.82) is 0 Å². The molecule has 1 amide bonds. The Morgan fingerprint density at radius 2 is 1.81 bits per heavy atom. The molecule has 7 heteroatoms. The Kier molecular flexibility index (Phi) is 10.6. The van der Waals surface area contributed by atoms with Crippen LogP contribution in [0.3, 0.4) is 0 Å². The summed E-state index contributed by atoms with van der Waals surface area (Å²) in [5.74, 6) is 1.45. The molecule has 26 heavy (non-hydrogen) atoms. The molecule has 1 fully saturated rings. The summed E-state index contributed by atoms with van der Waals surface area (Å²) in [4.78, 5) is 23.5. The fraction of sp³-hybridized carbons (Fsp3) is 0.895. The highest BCUT2D eigenvalue weighted by molar-refractivity contribution is 5.86. The summed E-state index contributed by atoms with van der Waals surface area (Å²) < 4.78 is 5.48. The zero-order chi connectivity index (χ0) is 19.5. The lowest BCUT2D eigenvalue weighted by molar-refractivity contribution is -0.131. The van der Waals surface area contributed by atoms with Crippen LogP contribution in [-0.2, 0) is 9.53 Å². The van der Waals surface area contributed by atoms with E-state index in [0.29, 0.717) is 18.5 Å². The van der Waals surface area contributed by atoms with Crippen LogP contribution in [0.5, 0.6) is 0 Å². The van der Waals surface area contributed by atoms with Crippen LogP contribution in [0.4, 0.5) is 0 Å². The van der Waals surface area contributed by atoms with Crippen LogP contribution in [0, 0.1) is 5.92 Å². The number of nitrogens with zero attached hydrogens (tertiary/aromatic N) is 4. The van der Waals surface area contributed by atoms with Gasteiger partial charge in [-0.25, -0.2) is 0 Å². The Morgan fingerprint density at radius 3 is 2.31 bits per heavy atom. The number of carbonyl (C=O) groups excluding carboxylic acids is 1. The van der Waals surface area contributed by atoms with E-state index in [1.165, 1.54) is 0 Å². The van der Waals surface area contributed by atoms with Gasteiger partial charge in [0.05, 0.1) is 26.3 Å². The van der Waals surface area contributed by atoms with Gasteiger partial charge < -0.3 is 19.9 Å². The van der Waals surface area contributed by atoms with Crippen molar-refractivity contribution in [1.82, 2.24) is 20.0 Å². The predicted molar refractivity (Wildman–Crippen MR) is 108 cm³/mol. The number of morpholine rings is 1. The first-order valence-electron chi connectivity index (χ1n) is 10.0. The molecule has 0 spiro atoms. The van der Waals surface area contributed by atoms with Gasteiger partial charge in [0.2, 0.25) is 5.91 Å². The second-order valence-electron chi connectivity index (χ2n) is 7.08. The van der Waals surface area contributed by atoms with Crippen LogP contribution in [0.2, 0.25) is 0 Å². The van der Waals surface area contributed by atoms with Crippen molar-refractivity contribution in [2.24, 2.45) is 10.9 Å². The van der Waals surface area contributed by atoms with Gasteiger partial charge in [0.15, 0.2) is 5.96 Å². The van der Waals surface area contributed by atoms with Crippen molar-refractivity contribution in [3.63, 3.8) is 0 Å². The molecule has 1 unspecified atom stereocenters. The number of guanidine groups is 1. The molecule has 1 saturated heterocycles. The Balaban J connectivity index is 2.76. The number of rotatable bonds is 9. The van der Waals surface area contributed by atoms with Crippen LogP contribution < -0.4 is 5.32 Å². The number of nitrogens with one attached hydrogen (secondary N) is 1. The summed E-state index contributed by atoms with van der Waals surface area (Å²) in [5.41, 5.74) is 0. The lowest BCUT2D eigenvalue weighted by Gasteiger charge is -2.36. The standard InChI is InChI=1S/C19H39N5O2/c1-7-20-19(22(6)15-18(25)23(8-2)9-3)21-14-17(16(4)5)24-10-12-26-13-11-24/h16-17H,7-15H2,1-6H3,(H,20,21). The fourth-order valence-electron chi connectivity index (χ4n) is 3.26. The second-order valence-corrected chi connectivity index (χ2v) is 7.08. The maximum atomic E-state index is 12.4. The van der Waals surface area contributed by atoms with Crippen molar-refractivity contribution < 1.29 is 9.53 Å². The van der Waals surface area contributed by atoms with E-state index < -0.39 is 0 Å². The van der Waals surface area contributed by atoms with Crippen LogP contribution in [0.15, 0.2) is 4.99 Å². The van der Waals surface area contributed by atoms with Crippen molar-refractivity contribution in [3.8, 4) is 0 Å². The minimum atomic E-state index is 0.136. The largest absolute Gasteiger partial charge is 0.379 e. The molecule has 0 saturated carbocycles. The molecule has 0 aromatic carbocycles. The van der Waals surface area contributed by atoms with Crippen molar-refractivity contribution in [3.05, 3.63) is 0 Å². The first-order chi connectivity index (χ1) is 12.4. The van der Waals surface area contributed by atoms with E-state index in [4.69, 9.17) is 9.73 Å². The Labute approximate surface area is 159 Å². The first kappa shape index (κ1) is 22.7. The quantitative estimate of drug-likeness (QED) is 0.487. The lowest BCUT2D eigenvalue weighted by Crippen LogP contribution is -2.49. The minimum Gasteiger partial charge on any atom is -0.379 e. The molecule has 0 aromatic heterocycles. The molecular weight excluding hydrogens is 330 g/mol. The van der Waals surface area contributed by atoms with Gasteiger partial charge in [-0.3, -0.25) is 14.7 Å². The van der Waals surface area contributed by atoms with E-state index in [2.05, 4.69) is 31.0 Å². The number of aliphatic imine (C=N–C) groups is 1. The van der Waals surface area contributed by atoms with Gasteiger partial charge in [0.1, 0.15) is 0 Å². The van der Waals surface area contributed by atoms with Crippen molar-refractivity contribution >= 4 is 11.9 Å². The fourth-order valence-corrected chi connectivity index (χ4v) is 3.26. The summed E-state index contributed by atoms with van der Waals surface area (Å²) >= 11 is 0. The normalized spacial score (nSPS) is 17.3. The maximum absolute atomic E-state index is 12.4. The molecule has 0 radical (unpaired) electrons. The van der Waals surface area contributed by atoms with E-state index >= 15 is 0 Å². The molecule has 1 rings (SSSR count). The molecule has 1 heterocycles. The number of amides is 1. The SMILES string of the molecule is CCNC(=NCC(C(C)C)N1CCOCC1)N(C)CC(=O)N(CC)CC. The lowest BCUT2D eigenvalue weighted by atomic mass is 10.0. The highest BCUT2D eigenvalue weighted by atomic mass is 16.5.